The highest BCUT2D eigenvalue weighted by Crippen LogP contribution is 2.24. The van der Waals surface area contributed by atoms with E-state index in [1.165, 1.54) is 0 Å². The van der Waals surface area contributed by atoms with Crippen LogP contribution < -0.4 is 5.32 Å². The number of ether oxygens (including phenoxy) is 1. The molecule has 3 rings (SSSR count). The van der Waals surface area contributed by atoms with E-state index in [0.717, 1.165) is 75.0 Å². The number of aliphatic hydroxyl groups is 1. The molecule has 1 aliphatic rings. The van der Waals surface area contributed by atoms with Crippen LogP contribution in [0.15, 0.2) is 40.8 Å². The van der Waals surface area contributed by atoms with E-state index in [0.29, 0.717) is 0 Å². The van der Waals surface area contributed by atoms with Gasteiger partial charge in [0.2, 0.25) is 0 Å². The van der Waals surface area contributed by atoms with Crippen LogP contribution in [0, 0.1) is 0 Å². The van der Waals surface area contributed by atoms with Gasteiger partial charge in [0, 0.05) is 18.7 Å². The van der Waals surface area contributed by atoms with Gasteiger partial charge >= 0.3 is 0 Å². The summed E-state index contributed by atoms with van der Waals surface area (Å²) in [6.07, 6.45) is 0.692. The van der Waals surface area contributed by atoms with Crippen molar-refractivity contribution in [3.05, 3.63) is 47.7 Å². The first-order valence-corrected chi connectivity index (χ1v) is 9.10. The molecule has 2 N–H and O–H groups in total. The zero-order chi connectivity index (χ0) is 17.5. The van der Waals surface area contributed by atoms with E-state index in [1.54, 1.807) is 6.92 Å². The number of hydrogen-bond donors (Lipinski definition) is 2. The summed E-state index contributed by atoms with van der Waals surface area (Å²) in [6, 6.07) is 11.9. The van der Waals surface area contributed by atoms with Gasteiger partial charge in [0.25, 0.3) is 0 Å². The van der Waals surface area contributed by atoms with Crippen LogP contribution in [-0.4, -0.2) is 49.4 Å². The third-order valence-corrected chi connectivity index (χ3v) is 4.57. The molecule has 1 fully saturated rings. The fraction of sp³-hybridized carbons (Fsp3) is 0.500. The molecule has 2 heterocycles. The molecule has 0 saturated carbocycles. The number of aliphatic hydroxyl groups excluding tert-OH is 1. The van der Waals surface area contributed by atoms with Crippen LogP contribution in [-0.2, 0) is 11.3 Å². The molecule has 1 aromatic heterocycles. The molecule has 136 valence electrons. The van der Waals surface area contributed by atoms with Crippen molar-refractivity contribution in [1.29, 1.82) is 0 Å². The van der Waals surface area contributed by atoms with Gasteiger partial charge in [-0.15, -0.1) is 0 Å². The summed E-state index contributed by atoms with van der Waals surface area (Å²) < 4.78 is 11.3. The smallest absolute Gasteiger partial charge is 0.134 e. The molecule has 2 aromatic rings. The topological polar surface area (TPSA) is 57.9 Å². The number of hydrogen-bond acceptors (Lipinski definition) is 5. The predicted molar refractivity (Wildman–Crippen MR) is 98.4 cm³/mol. The Morgan fingerprint density at radius 3 is 2.60 bits per heavy atom. The lowest BCUT2D eigenvalue weighted by atomic mass is 10.1. The van der Waals surface area contributed by atoms with Crippen LogP contribution in [0.1, 0.15) is 30.8 Å². The fourth-order valence-corrected chi connectivity index (χ4v) is 3.02. The van der Waals surface area contributed by atoms with Crippen molar-refractivity contribution in [3.8, 4) is 11.3 Å². The monoisotopic (exact) mass is 344 g/mol. The second kappa shape index (κ2) is 9.15. The first-order valence-electron chi connectivity index (χ1n) is 9.10. The van der Waals surface area contributed by atoms with E-state index in [4.69, 9.17) is 9.15 Å². The minimum absolute atomic E-state index is 0.442. The molecular weight excluding hydrogens is 316 g/mol. The Balaban J connectivity index is 1.40. The molecule has 1 aromatic carbocycles. The maximum absolute atomic E-state index is 9.57. The Labute approximate surface area is 149 Å². The molecule has 1 unspecified atom stereocenters. The zero-order valence-corrected chi connectivity index (χ0v) is 14.9. The van der Waals surface area contributed by atoms with Crippen LogP contribution in [0.2, 0.25) is 0 Å². The summed E-state index contributed by atoms with van der Waals surface area (Å²) in [6.45, 7) is 8.44. The molecule has 1 aliphatic heterocycles. The second-order valence-electron chi connectivity index (χ2n) is 6.55. The fourth-order valence-electron chi connectivity index (χ4n) is 3.02. The quantitative estimate of drug-likeness (QED) is 0.721. The van der Waals surface area contributed by atoms with Gasteiger partial charge in [-0.25, -0.2) is 0 Å². The molecule has 0 bridgehead atoms. The van der Waals surface area contributed by atoms with Crippen molar-refractivity contribution in [2.45, 2.75) is 26.0 Å². The van der Waals surface area contributed by atoms with Crippen molar-refractivity contribution >= 4 is 0 Å². The highest BCUT2D eigenvalue weighted by Gasteiger charge is 2.09. The lowest BCUT2D eigenvalue weighted by molar-refractivity contribution is 0.0374. The predicted octanol–water partition coefficient (Wildman–Crippen LogP) is 2.81. The van der Waals surface area contributed by atoms with Crippen molar-refractivity contribution in [2.75, 3.05) is 39.4 Å². The maximum Gasteiger partial charge on any atom is 0.134 e. The summed E-state index contributed by atoms with van der Waals surface area (Å²) >= 11 is 0. The van der Waals surface area contributed by atoms with Crippen LogP contribution in [0.3, 0.4) is 0 Å². The Bertz CT molecular complexity index is 631. The number of rotatable bonds is 8. The molecule has 0 spiro atoms. The third kappa shape index (κ3) is 5.41. The lowest BCUT2D eigenvalue weighted by Crippen LogP contribution is -2.37. The van der Waals surface area contributed by atoms with Gasteiger partial charge in [-0.05, 0) is 44.1 Å². The largest absolute Gasteiger partial charge is 0.460 e. The number of morpholine rings is 1. The summed E-state index contributed by atoms with van der Waals surface area (Å²) in [5.74, 6) is 1.81. The summed E-state index contributed by atoms with van der Waals surface area (Å²) in [7, 11) is 0. The van der Waals surface area contributed by atoms with Crippen LogP contribution in [0.5, 0.6) is 0 Å². The molecule has 0 radical (unpaired) electrons. The van der Waals surface area contributed by atoms with Gasteiger partial charge in [0.1, 0.15) is 11.5 Å². The SMILES string of the molecule is CC(O)c1ccc(-c2ccc(CNCCCN3CCOCC3)o2)cc1. The summed E-state index contributed by atoms with van der Waals surface area (Å²) in [5.41, 5.74) is 1.94. The van der Waals surface area contributed by atoms with Crippen molar-refractivity contribution < 1.29 is 14.3 Å². The molecule has 5 nitrogen and oxygen atoms in total. The van der Waals surface area contributed by atoms with Gasteiger partial charge in [-0.3, -0.25) is 4.90 Å². The Morgan fingerprint density at radius 1 is 1.12 bits per heavy atom. The number of nitrogens with one attached hydrogen (secondary N) is 1. The van der Waals surface area contributed by atoms with E-state index >= 15 is 0 Å². The minimum Gasteiger partial charge on any atom is -0.460 e. The molecule has 25 heavy (non-hydrogen) atoms. The number of benzene rings is 1. The second-order valence-corrected chi connectivity index (χ2v) is 6.55. The normalized spacial score (nSPS) is 16.9. The number of furan rings is 1. The molecule has 0 amide bonds. The molecule has 5 heteroatoms. The van der Waals surface area contributed by atoms with Gasteiger partial charge in [0.15, 0.2) is 0 Å². The lowest BCUT2D eigenvalue weighted by Gasteiger charge is -2.26. The first-order chi connectivity index (χ1) is 12.2. The highest BCUT2D eigenvalue weighted by molar-refractivity contribution is 5.58. The Morgan fingerprint density at radius 2 is 1.88 bits per heavy atom. The Hall–Kier alpha value is -1.66. The number of nitrogens with zero attached hydrogens (tertiary/aromatic N) is 1. The minimum atomic E-state index is -0.442. The van der Waals surface area contributed by atoms with Gasteiger partial charge in [0.05, 0.1) is 25.9 Å². The van der Waals surface area contributed by atoms with Crippen molar-refractivity contribution in [2.24, 2.45) is 0 Å². The zero-order valence-electron chi connectivity index (χ0n) is 14.9. The highest BCUT2D eigenvalue weighted by atomic mass is 16.5. The van der Waals surface area contributed by atoms with Crippen molar-refractivity contribution in [3.63, 3.8) is 0 Å². The third-order valence-electron chi connectivity index (χ3n) is 4.57. The van der Waals surface area contributed by atoms with E-state index in [-0.39, 0.29) is 0 Å². The van der Waals surface area contributed by atoms with E-state index < -0.39 is 6.10 Å². The van der Waals surface area contributed by atoms with E-state index in [9.17, 15) is 5.11 Å². The van der Waals surface area contributed by atoms with E-state index in [2.05, 4.69) is 10.2 Å². The van der Waals surface area contributed by atoms with Gasteiger partial charge in [-0.2, -0.15) is 0 Å². The van der Waals surface area contributed by atoms with Gasteiger partial charge in [-0.1, -0.05) is 24.3 Å². The molecule has 0 aliphatic carbocycles. The molecular formula is C20H28N2O3. The van der Waals surface area contributed by atoms with Crippen molar-refractivity contribution in [1.82, 2.24) is 10.2 Å². The Kier molecular flexibility index (Phi) is 6.64. The van der Waals surface area contributed by atoms with Crippen LogP contribution in [0.25, 0.3) is 11.3 Å². The van der Waals surface area contributed by atoms with Gasteiger partial charge < -0.3 is 19.6 Å². The maximum atomic E-state index is 9.57. The average Bonchev–Trinajstić information content (AvgIpc) is 3.11. The summed E-state index contributed by atoms with van der Waals surface area (Å²) in [5, 5.41) is 13.0. The standard InChI is InChI=1S/C20H28N2O3/c1-16(23)17-3-5-18(6-4-17)20-8-7-19(25-20)15-21-9-2-10-22-11-13-24-14-12-22/h3-8,16,21,23H,2,9-15H2,1H3. The average molecular weight is 344 g/mol. The molecule has 1 atom stereocenters. The summed E-state index contributed by atoms with van der Waals surface area (Å²) in [4.78, 5) is 2.45. The first kappa shape index (κ1) is 18.1. The van der Waals surface area contributed by atoms with E-state index in [1.807, 2.05) is 36.4 Å². The van der Waals surface area contributed by atoms with Crippen LogP contribution >= 0.6 is 0 Å². The molecule has 1 saturated heterocycles. The van der Waals surface area contributed by atoms with Crippen LogP contribution in [0.4, 0.5) is 0 Å².